The largest absolute Gasteiger partial charge is 0.462 e. The lowest BCUT2D eigenvalue weighted by Crippen LogP contribution is -2.28. The lowest BCUT2D eigenvalue weighted by atomic mass is 10.0. The standard InChI is InChI=1S/C57H96O5/c1-3-5-7-9-11-13-15-17-19-20-21-22-23-24-25-26-27-28-29-30-31-32-33-34-35-36-38-39-41-43-45-47-49-51-56(59)61-54-55(53-58)62-57(60)52-50-48-46-44-42-40-37-18-16-14-12-10-8-6-4-2/h6,8,12,14-15,17-18,20-21,23-24,37,42,44,48,50,55,58H,3-5,7,9-11,13,16,19,22,25-36,38-41,43,45-47,49,51-54H2,1-2H3/b8-6-,14-12-,17-15-,21-20-,24-23-,37-18-,44-42-,50-48-. The van der Waals surface area contributed by atoms with Crippen LogP contribution in [0.3, 0.4) is 0 Å². The van der Waals surface area contributed by atoms with Crippen molar-refractivity contribution in [3.8, 4) is 0 Å². The fourth-order valence-corrected chi connectivity index (χ4v) is 7.05. The fraction of sp³-hybridized carbons (Fsp3) is 0.684. The Hall–Kier alpha value is -3.18. The molecule has 354 valence electrons. The molecule has 62 heavy (non-hydrogen) atoms. The fourth-order valence-electron chi connectivity index (χ4n) is 7.05. The number of aliphatic hydroxyl groups excluding tert-OH is 1. The molecule has 0 heterocycles. The minimum Gasteiger partial charge on any atom is -0.462 e. The zero-order valence-corrected chi connectivity index (χ0v) is 40.4. The highest BCUT2D eigenvalue weighted by molar-refractivity contribution is 5.71. The number of aliphatic hydroxyl groups is 1. The highest BCUT2D eigenvalue weighted by Crippen LogP contribution is 2.15. The molecule has 0 aromatic rings. The Morgan fingerprint density at radius 2 is 0.742 bits per heavy atom. The van der Waals surface area contributed by atoms with E-state index in [1.54, 1.807) is 6.08 Å². The van der Waals surface area contributed by atoms with Gasteiger partial charge in [-0.05, 0) is 77.0 Å². The van der Waals surface area contributed by atoms with Gasteiger partial charge in [0, 0.05) is 6.42 Å². The molecule has 0 aliphatic rings. The van der Waals surface area contributed by atoms with Crippen molar-refractivity contribution < 1.29 is 24.2 Å². The molecule has 0 spiro atoms. The molecule has 0 rings (SSSR count). The average Bonchev–Trinajstić information content (AvgIpc) is 3.28. The number of allylic oxidation sites excluding steroid dienone is 15. The molecule has 0 aromatic heterocycles. The van der Waals surface area contributed by atoms with Crippen molar-refractivity contribution in [3.05, 3.63) is 97.2 Å². The Kier molecular flexibility index (Phi) is 49.5. The maximum absolute atomic E-state index is 12.2. The quantitative estimate of drug-likeness (QED) is 0.0375. The summed E-state index contributed by atoms with van der Waals surface area (Å²) in [5.74, 6) is -0.739. The Morgan fingerprint density at radius 1 is 0.403 bits per heavy atom. The summed E-state index contributed by atoms with van der Waals surface area (Å²) in [6, 6.07) is 0. The Morgan fingerprint density at radius 3 is 1.13 bits per heavy atom. The van der Waals surface area contributed by atoms with E-state index in [0.29, 0.717) is 6.42 Å². The van der Waals surface area contributed by atoms with Gasteiger partial charge in [0.25, 0.3) is 0 Å². The van der Waals surface area contributed by atoms with Crippen molar-refractivity contribution in [2.24, 2.45) is 0 Å². The van der Waals surface area contributed by atoms with Gasteiger partial charge in [0.15, 0.2) is 6.10 Å². The molecule has 0 aromatic carbocycles. The van der Waals surface area contributed by atoms with Gasteiger partial charge in [-0.3, -0.25) is 9.59 Å². The number of ether oxygens (including phenoxy) is 2. The van der Waals surface area contributed by atoms with E-state index in [1.165, 1.54) is 141 Å². The summed E-state index contributed by atoms with van der Waals surface area (Å²) in [5.41, 5.74) is 0. The van der Waals surface area contributed by atoms with Crippen LogP contribution in [0, 0.1) is 0 Å². The van der Waals surface area contributed by atoms with Crippen molar-refractivity contribution in [2.75, 3.05) is 13.2 Å². The summed E-state index contributed by atoms with van der Waals surface area (Å²) in [6.07, 6.45) is 74.0. The highest BCUT2D eigenvalue weighted by atomic mass is 16.6. The van der Waals surface area contributed by atoms with Crippen LogP contribution < -0.4 is 0 Å². The van der Waals surface area contributed by atoms with Crippen LogP contribution >= 0.6 is 0 Å². The number of hydrogen-bond donors (Lipinski definition) is 1. The third-order valence-electron chi connectivity index (χ3n) is 10.9. The van der Waals surface area contributed by atoms with E-state index in [0.717, 1.165) is 64.2 Å². The Bertz CT molecular complexity index is 1200. The minimum absolute atomic E-state index is 0.109. The second-order valence-electron chi connectivity index (χ2n) is 16.9. The molecule has 0 amide bonds. The van der Waals surface area contributed by atoms with E-state index in [9.17, 15) is 14.7 Å². The molecular weight excluding hydrogens is 765 g/mol. The van der Waals surface area contributed by atoms with E-state index >= 15 is 0 Å². The van der Waals surface area contributed by atoms with Crippen molar-refractivity contribution >= 4 is 11.9 Å². The summed E-state index contributed by atoms with van der Waals surface area (Å²) in [6.45, 7) is 3.93. The Balaban J connectivity index is 3.52. The number of carbonyl (C=O) groups excluding carboxylic acids is 2. The summed E-state index contributed by atoms with van der Waals surface area (Å²) in [4.78, 5) is 24.3. The average molecular weight is 861 g/mol. The third kappa shape index (κ3) is 49.5. The molecule has 0 fully saturated rings. The number of carbonyl (C=O) groups is 2. The molecule has 0 aliphatic heterocycles. The highest BCUT2D eigenvalue weighted by Gasteiger charge is 2.15. The van der Waals surface area contributed by atoms with Crippen LogP contribution in [0.4, 0.5) is 0 Å². The summed E-state index contributed by atoms with van der Waals surface area (Å²) in [5, 5.41) is 9.58. The van der Waals surface area contributed by atoms with Crippen molar-refractivity contribution in [3.63, 3.8) is 0 Å². The first kappa shape index (κ1) is 58.8. The zero-order chi connectivity index (χ0) is 44.9. The smallest absolute Gasteiger partial charge is 0.310 e. The van der Waals surface area contributed by atoms with Crippen molar-refractivity contribution in [2.45, 2.75) is 238 Å². The minimum atomic E-state index is -0.830. The van der Waals surface area contributed by atoms with Crippen molar-refractivity contribution in [1.29, 1.82) is 0 Å². The SMILES string of the molecule is CC/C=C\C/C=C\C/C=C\C/C=C\C/C=C\CC(=O)OC(CO)COC(=O)CCCCCCCCCCCCCCCCCCCC/C=C\C/C=C\C/C=C\CCCCCCC. The molecule has 5 heteroatoms. The first-order valence-electron chi connectivity index (χ1n) is 25.8. The lowest BCUT2D eigenvalue weighted by molar-refractivity contribution is -0.160. The van der Waals surface area contributed by atoms with Crippen LogP contribution in [0.2, 0.25) is 0 Å². The van der Waals surface area contributed by atoms with Crippen LogP contribution in [-0.4, -0.2) is 36.4 Å². The number of rotatable bonds is 46. The molecule has 1 atom stereocenters. The topological polar surface area (TPSA) is 72.8 Å². The molecule has 5 nitrogen and oxygen atoms in total. The van der Waals surface area contributed by atoms with Gasteiger partial charge in [-0.25, -0.2) is 0 Å². The van der Waals surface area contributed by atoms with Gasteiger partial charge in [-0.2, -0.15) is 0 Å². The maximum Gasteiger partial charge on any atom is 0.310 e. The molecule has 1 unspecified atom stereocenters. The third-order valence-corrected chi connectivity index (χ3v) is 10.9. The van der Waals surface area contributed by atoms with Gasteiger partial charge >= 0.3 is 11.9 Å². The Labute approximate surface area is 383 Å². The number of hydrogen-bond acceptors (Lipinski definition) is 5. The summed E-state index contributed by atoms with van der Waals surface area (Å²) < 4.78 is 10.6. The molecule has 0 aliphatic carbocycles. The first-order valence-corrected chi connectivity index (χ1v) is 25.8. The molecule has 0 bridgehead atoms. The van der Waals surface area contributed by atoms with Crippen LogP contribution in [0.1, 0.15) is 232 Å². The number of unbranched alkanes of at least 4 members (excludes halogenated alkanes) is 23. The lowest BCUT2D eigenvalue weighted by Gasteiger charge is -2.15. The zero-order valence-electron chi connectivity index (χ0n) is 40.4. The predicted molar refractivity (Wildman–Crippen MR) is 269 cm³/mol. The van der Waals surface area contributed by atoms with Gasteiger partial charge in [0.2, 0.25) is 0 Å². The molecule has 0 radical (unpaired) electrons. The van der Waals surface area contributed by atoms with Crippen LogP contribution in [0.5, 0.6) is 0 Å². The normalized spacial score (nSPS) is 13.0. The summed E-state index contributed by atoms with van der Waals surface area (Å²) >= 11 is 0. The second-order valence-corrected chi connectivity index (χ2v) is 16.9. The van der Waals surface area contributed by atoms with Gasteiger partial charge in [0.05, 0.1) is 13.0 Å². The molecule has 1 N–H and O–H groups in total. The first-order chi connectivity index (χ1) is 30.6. The second kappa shape index (κ2) is 52.2. The van der Waals surface area contributed by atoms with Crippen LogP contribution in [0.25, 0.3) is 0 Å². The van der Waals surface area contributed by atoms with Crippen molar-refractivity contribution in [1.82, 2.24) is 0 Å². The van der Waals surface area contributed by atoms with E-state index < -0.39 is 12.1 Å². The monoisotopic (exact) mass is 861 g/mol. The summed E-state index contributed by atoms with van der Waals surface area (Å²) in [7, 11) is 0. The van der Waals surface area contributed by atoms with E-state index in [4.69, 9.17) is 9.47 Å². The maximum atomic E-state index is 12.2. The van der Waals surface area contributed by atoms with Gasteiger partial charge in [-0.1, -0.05) is 239 Å². The van der Waals surface area contributed by atoms with Crippen LogP contribution in [0.15, 0.2) is 97.2 Å². The number of esters is 2. The molecule has 0 saturated carbocycles. The van der Waals surface area contributed by atoms with Gasteiger partial charge in [-0.15, -0.1) is 0 Å². The molecular formula is C57H96O5. The van der Waals surface area contributed by atoms with E-state index in [2.05, 4.69) is 98.9 Å². The molecule has 0 saturated heterocycles. The van der Waals surface area contributed by atoms with E-state index in [-0.39, 0.29) is 25.6 Å². The van der Waals surface area contributed by atoms with Gasteiger partial charge < -0.3 is 14.6 Å². The predicted octanol–water partition coefficient (Wildman–Crippen LogP) is 17.2. The van der Waals surface area contributed by atoms with Gasteiger partial charge in [0.1, 0.15) is 6.61 Å². The van der Waals surface area contributed by atoms with Crippen LogP contribution in [-0.2, 0) is 19.1 Å². The van der Waals surface area contributed by atoms with E-state index in [1.807, 2.05) is 6.08 Å².